The van der Waals surface area contributed by atoms with Crippen LogP contribution in [0.25, 0.3) is 0 Å². The Bertz CT molecular complexity index is 243. The summed E-state index contributed by atoms with van der Waals surface area (Å²) in [5.41, 5.74) is 0. The highest BCUT2D eigenvalue weighted by molar-refractivity contribution is 5.78. The van der Waals surface area contributed by atoms with Crippen LogP contribution in [-0.2, 0) is 4.79 Å². The lowest BCUT2D eigenvalue weighted by molar-refractivity contribution is -0.125. The van der Waals surface area contributed by atoms with Crippen molar-refractivity contribution < 1.29 is 4.79 Å². The van der Waals surface area contributed by atoms with E-state index in [1.807, 2.05) is 0 Å². The topological polar surface area (TPSA) is 32.3 Å². The lowest BCUT2D eigenvalue weighted by atomic mass is 10.0. The molecule has 3 heteroatoms. The molecule has 0 unspecified atom stereocenters. The highest BCUT2D eigenvalue weighted by Crippen LogP contribution is 2.11. The van der Waals surface area contributed by atoms with Gasteiger partial charge in [-0.25, -0.2) is 0 Å². The molecule has 1 N–H and O–H groups in total. The first-order valence-electron chi connectivity index (χ1n) is 8.78. The largest absolute Gasteiger partial charge is 0.356 e. The van der Waals surface area contributed by atoms with Gasteiger partial charge in [-0.1, -0.05) is 33.1 Å². The van der Waals surface area contributed by atoms with E-state index in [-0.39, 0.29) is 11.8 Å². The fourth-order valence-corrected chi connectivity index (χ4v) is 3.01. The standard InChI is InChI=1S/C17H34N2O/c1-3-16(4-2)17(20)18-12-8-7-11-15-19-13-9-5-6-10-14-19/h16H,3-15H2,1-2H3,(H,18,20). The van der Waals surface area contributed by atoms with Crippen LogP contribution in [0.3, 0.4) is 0 Å². The summed E-state index contributed by atoms with van der Waals surface area (Å²) < 4.78 is 0. The van der Waals surface area contributed by atoms with Crippen molar-refractivity contribution in [3.8, 4) is 0 Å². The van der Waals surface area contributed by atoms with Crippen LogP contribution in [0.4, 0.5) is 0 Å². The van der Waals surface area contributed by atoms with Crippen LogP contribution in [0.5, 0.6) is 0 Å². The molecular weight excluding hydrogens is 248 g/mol. The molecule has 0 aliphatic carbocycles. The first kappa shape index (κ1) is 17.5. The van der Waals surface area contributed by atoms with E-state index in [4.69, 9.17) is 0 Å². The molecule has 0 radical (unpaired) electrons. The fraction of sp³-hybridized carbons (Fsp3) is 0.941. The zero-order chi connectivity index (χ0) is 14.6. The molecule has 1 amide bonds. The van der Waals surface area contributed by atoms with Crippen molar-refractivity contribution in [1.29, 1.82) is 0 Å². The average molecular weight is 282 g/mol. The number of unbranched alkanes of at least 4 members (excludes halogenated alkanes) is 2. The normalized spacial score (nSPS) is 17.1. The number of rotatable bonds is 9. The molecular formula is C17H34N2O. The van der Waals surface area contributed by atoms with Crippen molar-refractivity contribution in [2.75, 3.05) is 26.2 Å². The Kier molecular flexibility index (Phi) is 9.73. The summed E-state index contributed by atoms with van der Waals surface area (Å²) in [6.07, 6.45) is 11.1. The van der Waals surface area contributed by atoms with E-state index in [0.717, 1.165) is 25.8 Å². The minimum Gasteiger partial charge on any atom is -0.356 e. The van der Waals surface area contributed by atoms with E-state index >= 15 is 0 Å². The van der Waals surface area contributed by atoms with Gasteiger partial charge in [0, 0.05) is 12.5 Å². The molecule has 0 atom stereocenters. The molecule has 0 spiro atoms. The van der Waals surface area contributed by atoms with Crippen LogP contribution in [0, 0.1) is 5.92 Å². The van der Waals surface area contributed by atoms with Crippen LogP contribution in [-0.4, -0.2) is 37.0 Å². The number of nitrogens with one attached hydrogen (secondary N) is 1. The summed E-state index contributed by atoms with van der Waals surface area (Å²) in [5.74, 6) is 0.467. The van der Waals surface area contributed by atoms with Gasteiger partial charge >= 0.3 is 0 Å². The van der Waals surface area contributed by atoms with E-state index in [2.05, 4.69) is 24.1 Å². The monoisotopic (exact) mass is 282 g/mol. The Hall–Kier alpha value is -0.570. The van der Waals surface area contributed by atoms with Crippen molar-refractivity contribution in [3.63, 3.8) is 0 Å². The SMILES string of the molecule is CCC(CC)C(=O)NCCCCCN1CCCCCC1. The zero-order valence-corrected chi connectivity index (χ0v) is 13.6. The smallest absolute Gasteiger partial charge is 0.223 e. The Balaban J connectivity index is 1.97. The molecule has 20 heavy (non-hydrogen) atoms. The second kappa shape index (κ2) is 11.1. The predicted molar refractivity (Wildman–Crippen MR) is 85.8 cm³/mol. The molecule has 1 saturated heterocycles. The zero-order valence-electron chi connectivity index (χ0n) is 13.6. The number of carbonyl (C=O) groups is 1. The maximum atomic E-state index is 11.8. The molecule has 0 bridgehead atoms. The van der Waals surface area contributed by atoms with Crippen LogP contribution in [0.15, 0.2) is 0 Å². The molecule has 0 aromatic carbocycles. The second-order valence-corrected chi connectivity index (χ2v) is 6.12. The highest BCUT2D eigenvalue weighted by Gasteiger charge is 2.12. The minimum absolute atomic E-state index is 0.215. The first-order chi connectivity index (χ1) is 9.77. The minimum atomic E-state index is 0.215. The highest BCUT2D eigenvalue weighted by atomic mass is 16.1. The number of hydrogen-bond donors (Lipinski definition) is 1. The van der Waals surface area contributed by atoms with Gasteiger partial charge < -0.3 is 10.2 Å². The van der Waals surface area contributed by atoms with Crippen molar-refractivity contribution in [2.24, 2.45) is 5.92 Å². The van der Waals surface area contributed by atoms with Gasteiger partial charge in [-0.2, -0.15) is 0 Å². The van der Waals surface area contributed by atoms with E-state index in [1.165, 1.54) is 58.2 Å². The number of likely N-dealkylation sites (tertiary alicyclic amines) is 1. The van der Waals surface area contributed by atoms with Crippen molar-refractivity contribution in [2.45, 2.75) is 71.6 Å². The molecule has 0 saturated carbocycles. The molecule has 1 aliphatic rings. The van der Waals surface area contributed by atoms with E-state index in [9.17, 15) is 4.79 Å². The molecule has 3 nitrogen and oxygen atoms in total. The summed E-state index contributed by atoms with van der Waals surface area (Å²) >= 11 is 0. The molecule has 1 fully saturated rings. The first-order valence-corrected chi connectivity index (χ1v) is 8.78. The Morgan fingerprint density at radius 3 is 2.25 bits per heavy atom. The third-order valence-electron chi connectivity index (χ3n) is 4.51. The van der Waals surface area contributed by atoms with E-state index < -0.39 is 0 Å². The van der Waals surface area contributed by atoms with Gasteiger partial charge in [-0.15, -0.1) is 0 Å². The van der Waals surface area contributed by atoms with Gasteiger partial charge in [0.1, 0.15) is 0 Å². The Morgan fingerprint density at radius 2 is 1.65 bits per heavy atom. The van der Waals surface area contributed by atoms with Crippen molar-refractivity contribution >= 4 is 5.91 Å². The summed E-state index contributed by atoms with van der Waals surface area (Å²) in [7, 11) is 0. The average Bonchev–Trinajstić information content (AvgIpc) is 2.72. The van der Waals surface area contributed by atoms with Crippen LogP contribution < -0.4 is 5.32 Å². The van der Waals surface area contributed by atoms with Gasteiger partial charge in [0.15, 0.2) is 0 Å². The van der Waals surface area contributed by atoms with Crippen LogP contribution >= 0.6 is 0 Å². The second-order valence-electron chi connectivity index (χ2n) is 6.12. The van der Waals surface area contributed by atoms with Crippen molar-refractivity contribution in [3.05, 3.63) is 0 Å². The van der Waals surface area contributed by atoms with Crippen LogP contribution in [0.2, 0.25) is 0 Å². The molecule has 0 aromatic heterocycles. The van der Waals surface area contributed by atoms with Gasteiger partial charge in [-0.05, 0) is 58.2 Å². The number of carbonyl (C=O) groups excluding carboxylic acids is 1. The lowest BCUT2D eigenvalue weighted by Crippen LogP contribution is -2.31. The van der Waals surface area contributed by atoms with Gasteiger partial charge in [0.25, 0.3) is 0 Å². The van der Waals surface area contributed by atoms with Crippen molar-refractivity contribution in [1.82, 2.24) is 10.2 Å². The number of amides is 1. The quantitative estimate of drug-likeness (QED) is 0.656. The summed E-state index contributed by atoms with van der Waals surface area (Å²) in [4.78, 5) is 14.4. The maximum absolute atomic E-state index is 11.8. The summed E-state index contributed by atoms with van der Waals surface area (Å²) in [6, 6.07) is 0. The third-order valence-corrected chi connectivity index (χ3v) is 4.51. The predicted octanol–water partition coefficient (Wildman–Crippen LogP) is 3.59. The molecule has 0 aromatic rings. The Morgan fingerprint density at radius 1 is 1.00 bits per heavy atom. The summed E-state index contributed by atoms with van der Waals surface area (Å²) in [6.45, 7) is 8.89. The molecule has 1 rings (SSSR count). The van der Waals surface area contributed by atoms with Gasteiger partial charge in [0.05, 0.1) is 0 Å². The number of nitrogens with zero attached hydrogens (tertiary/aromatic N) is 1. The molecule has 1 heterocycles. The van der Waals surface area contributed by atoms with Gasteiger partial charge in [0.2, 0.25) is 5.91 Å². The molecule has 118 valence electrons. The summed E-state index contributed by atoms with van der Waals surface area (Å²) in [5, 5.41) is 3.08. The van der Waals surface area contributed by atoms with E-state index in [0.29, 0.717) is 0 Å². The maximum Gasteiger partial charge on any atom is 0.223 e. The molecule has 1 aliphatic heterocycles. The van der Waals surface area contributed by atoms with E-state index in [1.54, 1.807) is 0 Å². The van der Waals surface area contributed by atoms with Gasteiger partial charge in [-0.3, -0.25) is 4.79 Å². The van der Waals surface area contributed by atoms with Crippen LogP contribution in [0.1, 0.15) is 71.6 Å². The Labute approximate surface area is 125 Å². The lowest BCUT2D eigenvalue weighted by Gasteiger charge is -2.19. The fourth-order valence-electron chi connectivity index (χ4n) is 3.01. The third kappa shape index (κ3) is 7.28. The number of hydrogen-bond acceptors (Lipinski definition) is 2.